The largest absolute Gasteiger partial charge is 0.490 e. The molecule has 0 saturated carbocycles. The molecule has 0 bridgehead atoms. The highest BCUT2D eigenvalue weighted by Gasteiger charge is 2.37. The van der Waals surface area contributed by atoms with Gasteiger partial charge in [-0.1, -0.05) is 22.0 Å². The number of ether oxygens (including phenoxy) is 3. The molecule has 1 aliphatic heterocycles. The molecule has 0 atom stereocenters. The predicted molar refractivity (Wildman–Crippen MR) is 128 cm³/mol. The fourth-order valence-electron chi connectivity index (χ4n) is 3.37. The van der Waals surface area contributed by atoms with Gasteiger partial charge in [0.25, 0.3) is 11.8 Å². The van der Waals surface area contributed by atoms with Crippen molar-refractivity contribution < 1.29 is 33.4 Å². The van der Waals surface area contributed by atoms with Gasteiger partial charge in [0.1, 0.15) is 5.57 Å². The Morgan fingerprint density at radius 3 is 2.29 bits per heavy atom. The molecule has 0 aliphatic carbocycles. The average Bonchev–Trinajstić information content (AvgIpc) is 2.76. The number of nitrogens with zero attached hydrogens (tertiary/aromatic N) is 1. The number of carbonyl (C=O) groups is 4. The highest BCUT2D eigenvalue weighted by Crippen LogP contribution is 2.35. The van der Waals surface area contributed by atoms with Crippen LogP contribution in [0.3, 0.4) is 0 Å². The van der Waals surface area contributed by atoms with Crippen molar-refractivity contribution in [2.45, 2.75) is 20.8 Å². The summed E-state index contributed by atoms with van der Waals surface area (Å²) in [4.78, 5) is 50.6. The van der Waals surface area contributed by atoms with E-state index in [0.717, 1.165) is 16.0 Å². The number of urea groups is 1. The molecule has 34 heavy (non-hydrogen) atoms. The highest BCUT2D eigenvalue weighted by atomic mass is 79.9. The minimum Gasteiger partial charge on any atom is -0.490 e. The maximum atomic E-state index is 13.2. The van der Waals surface area contributed by atoms with Crippen molar-refractivity contribution in [3.05, 3.63) is 57.1 Å². The van der Waals surface area contributed by atoms with Crippen LogP contribution in [0.1, 0.15) is 23.6 Å². The third kappa shape index (κ3) is 5.45. The van der Waals surface area contributed by atoms with Gasteiger partial charge in [0.15, 0.2) is 18.1 Å². The van der Waals surface area contributed by atoms with E-state index in [1.54, 1.807) is 31.2 Å². The first kappa shape index (κ1) is 25.0. The molecule has 1 N–H and O–H groups in total. The van der Waals surface area contributed by atoms with Crippen LogP contribution in [0.15, 0.2) is 40.4 Å². The molecule has 9 nitrogen and oxygen atoms in total. The SMILES string of the molecule is CCOc1cc(/C=C2\C(=O)NC(=O)N(c3cc(C)cc(C)c3)C2=O)c(Br)cc1OCC(=O)OC. The number of nitrogens with one attached hydrogen (secondary N) is 1. The summed E-state index contributed by atoms with van der Waals surface area (Å²) in [6.45, 7) is 5.45. The van der Waals surface area contributed by atoms with Crippen molar-refractivity contribution in [3.63, 3.8) is 0 Å². The number of aryl methyl sites for hydroxylation is 2. The number of methoxy groups -OCH3 is 1. The number of hydrogen-bond donors (Lipinski definition) is 1. The van der Waals surface area contributed by atoms with Gasteiger partial charge in [-0.2, -0.15) is 0 Å². The second kappa shape index (κ2) is 10.5. The maximum absolute atomic E-state index is 13.2. The van der Waals surface area contributed by atoms with Crippen LogP contribution in [-0.2, 0) is 19.1 Å². The van der Waals surface area contributed by atoms with Crippen LogP contribution < -0.4 is 19.7 Å². The topological polar surface area (TPSA) is 111 Å². The lowest BCUT2D eigenvalue weighted by Crippen LogP contribution is -2.54. The van der Waals surface area contributed by atoms with Crippen LogP contribution in [0, 0.1) is 13.8 Å². The molecule has 1 aliphatic rings. The summed E-state index contributed by atoms with van der Waals surface area (Å²) < 4.78 is 16.1. The minimum atomic E-state index is -0.822. The lowest BCUT2D eigenvalue weighted by molar-refractivity contribution is -0.143. The fraction of sp³-hybridized carbons (Fsp3) is 0.250. The third-order valence-corrected chi connectivity index (χ3v) is 5.49. The summed E-state index contributed by atoms with van der Waals surface area (Å²) in [5.74, 6) is -1.56. The van der Waals surface area contributed by atoms with Crippen LogP contribution in [-0.4, -0.2) is 44.1 Å². The van der Waals surface area contributed by atoms with E-state index in [1.165, 1.54) is 13.2 Å². The average molecular weight is 531 g/mol. The molecular weight excluding hydrogens is 508 g/mol. The second-order valence-corrected chi connectivity index (χ2v) is 8.28. The molecular formula is C24H23BrN2O7. The van der Waals surface area contributed by atoms with Gasteiger partial charge in [-0.15, -0.1) is 0 Å². The lowest BCUT2D eigenvalue weighted by atomic mass is 10.0. The molecule has 1 saturated heterocycles. The zero-order valence-corrected chi connectivity index (χ0v) is 20.6. The molecule has 1 fully saturated rings. The van der Waals surface area contributed by atoms with Gasteiger partial charge in [-0.25, -0.2) is 14.5 Å². The van der Waals surface area contributed by atoms with E-state index >= 15 is 0 Å². The summed E-state index contributed by atoms with van der Waals surface area (Å²) in [6.07, 6.45) is 1.36. The minimum absolute atomic E-state index is 0.231. The highest BCUT2D eigenvalue weighted by molar-refractivity contribution is 9.10. The van der Waals surface area contributed by atoms with E-state index in [1.807, 2.05) is 19.9 Å². The van der Waals surface area contributed by atoms with Crippen LogP contribution in [0.5, 0.6) is 11.5 Å². The normalized spacial score (nSPS) is 14.8. The summed E-state index contributed by atoms with van der Waals surface area (Å²) in [6, 6.07) is 7.58. The van der Waals surface area contributed by atoms with Gasteiger partial charge in [-0.3, -0.25) is 14.9 Å². The van der Waals surface area contributed by atoms with Crippen molar-refractivity contribution in [1.29, 1.82) is 0 Å². The van der Waals surface area contributed by atoms with Gasteiger partial charge in [0.05, 0.1) is 19.4 Å². The Bertz CT molecular complexity index is 1190. The molecule has 0 unspecified atom stereocenters. The summed E-state index contributed by atoms with van der Waals surface area (Å²) in [5, 5.41) is 2.21. The first-order chi connectivity index (χ1) is 16.1. The van der Waals surface area contributed by atoms with Gasteiger partial charge in [0, 0.05) is 4.47 Å². The first-order valence-electron chi connectivity index (χ1n) is 10.3. The van der Waals surface area contributed by atoms with Crippen LogP contribution in [0.25, 0.3) is 6.08 Å². The molecule has 10 heteroatoms. The molecule has 3 rings (SSSR count). The van der Waals surface area contributed by atoms with E-state index in [9.17, 15) is 19.2 Å². The number of carbonyl (C=O) groups excluding carboxylic acids is 4. The monoisotopic (exact) mass is 530 g/mol. The Kier molecular flexibility index (Phi) is 7.72. The summed E-state index contributed by atoms with van der Waals surface area (Å²) in [5.41, 5.74) is 2.29. The number of barbiturate groups is 1. The number of rotatable bonds is 7. The van der Waals surface area contributed by atoms with Crippen LogP contribution in [0.4, 0.5) is 10.5 Å². The molecule has 0 spiro atoms. The van der Waals surface area contributed by atoms with Gasteiger partial charge in [-0.05, 0) is 67.8 Å². The van der Waals surface area contributed by atoms with Crippen molar-refractivity contribution in [2.75, 3.05) is 25.2 Å². The smallest absolute Gasteiger partial charge is 0.343 e. The molecule has 0 aromatic heterocycles. The number of hydrogen-bond acceptors (Lipinski definition) is 7. The second-order valence-electron chi connectivity index (χ2n) is 7.42. The lowest BCUT2D eigenvalue weighted by Gasteiger charge is -2.27. The van der Waals surface area contributed by atoms with Crippen LogP contribution in [0.2, 0.25) is 0 Å². The van der Waals surface area contributed by atoms with Crippen molar-refractivity contribution in [1.82, 2.24) is 5.32 Å². The Balaban J connectivity index is 2.01. The fourth-order valence-corrected chi connectivity index (χ4v) is 3.80. The molecule has 0 radical (unpaired) electrons. The maximum Gasteiger partial charge on any atom is 0.343 e. The van der Waals surface area contributed by atoms with Gasteiger partial charge >= 0.3 is 12.0 Å². The number of esters is 1. The van der Waals surface area contributed by atoms with Crippen molar-refractivity contribution in [2.24, 2.45) is 0 Å². The number of benzene rings is 2. The van der Waals surface area contributed by atoms with E-state index < -0.39 is 23.8 Å². The third-order valence-electron chi connectivity index (χ3n) is 4.80. The Hall–Kier alpha value is -3.66. The number of halogens is 1. The molecule has 1 heterocycles. The Labute approximate surface area is 204 Å². The van der Waals surface area contributed by atoms with Crippen LogP contribution >= 0.6 is 15.9 Å². The van der Waals surface area contributed by atoms with Gasteiger partial charge in [0.2, 0.25) is 0 Å². The molecule has 2 aromatic carbocycles. The van der Waals surface area contributed by atoms with Crippen molar-refractivity contribution >= 4 is 51.5 Å². The zero-order valence-electron chi connectivity index (χ0n) is 19.1. The number of anilines is 1. The number of imide groups is 2. The van der Waals surface area contributed by atoms with E-state index in [-0.39, 0.29) is 17.9 Å². The van der Waals surface area contributed by atoms with E-state index in [4.69, 9.17) is 9.47 Å². The Morgan fingerprint density at radius 2 is 1.68 bits per heavy atom. The molecule has 4 amide bonds. The number of amides is 4. The summed E-state index contributed by atoms with van der Waals surface area (Å²) >= 11 is 3.39. The quantitative estimate of drug-likeness (QED) is 0.330. The first-order valence-corrected chi connectivity index (χ1v) is 11.1. The standard InChI is InChI=1S/C24H23BrN2O7/c1-5-33-19-10-15(18(25)11-20(19)34-12-21(28)32-4)9-17-22(29)26-24(31)27(23(17)30)16-7-13(2)6-14(3)8-16/h6-11H,5,12H2,1-4H3,(H,26,29,31)/b17-9+. The van der Waals surface area contributed by atoms with E-state index in [0.29, 0.717) is 28.1 Å². The van der Waals surface area contributed by atoms with Crippen molar-refractivity contribution in [3.8, 4) is 11.5 Å². The zero-order chi connectivity index (χ0) is 25.0. The predicted octanol–water partition coefficient (Wildman–Crippen LogP) is 3.68. The Morgan fingerprint density at radius 1 is 1.03 bits per heavy atom. The molecule has 178 valence electrons. The summed E-state index contributed by atoms with van der Waals surface area (Å²) in [7, 11) is 1.25. The molecule has 2 aromatic rings. The van der Waals surface area contributed by atoms with E-state index in [2.05, 4.69) is 26.0 Å². The van der Waals surface area contributed by atoms with Gasteiger partial charge < -0.3 is 14.2 Å².